The molecule has 4 heteroatoms. The van der Waals surface area contributed by atoms with Gasteiger partial charge in [0.25, 0.3) is 0 Å². The lowest BCUT2D eigenvalue weighted by Crippen LogP contribution is -2.38. The first-order valence-electron chi connectivity index (χ1n) is 5.64. The number of methoxy groups -OCH3 is 1. The Morgan fingerprint density at radius 2 is 2.40 bits per heavy atom. The summed E-state index contributed by atoms with van der Waals surface area (Å²) in [5.74, 6) is -0.191. The number of likely N-dealkylation sites (N-methyl/N-ethyl adjacent to an activating group) is 1. The van der Waals surface area contributed by atoms with Crippen LogP contribution >= 0.6 is 0 Å². The van der Waals surface area contributed by atoms with Crippen molar-refractivity contribution in [2.75, 3.05) is 33.8 Å². The van der Waals surface area contributed by atoms with Crippen LogP contribution < -0.4 is 5.32 Å². The number of nitrogens with zero attached hydrogens (tertiary/aromatic N) is 1. The second kappa shape index (κ2) is 6.08. The lowest BCUT2D eigenvalue weighted by atomic mass is 10.1. The van der Waals surface area contributed by atoms with E-state index < -0.39 is 0 Å². The van der Waals surface area contributed by atoms with Gasteiger partial charge >= 0.3 is 5.97 Å². The fourth-order valence-electron chi connectivity index (χ4n) is 1.99. The highest BCUT2D eigenvalue weighted by atomic mass is 16.5. The summed E-state index contributed by atoms with van der Waals surface area (Å²) in [6.07, 6.45) is 2.55. The van der Waals surface area contributed by atoms with E-state index in [1.165, 1.54) is 26.5 Å². The van der Waals surface area contributed by atoms with Gasteiger partial charge < -0.3 is 15.0 Å². The van der Waals surface area contributed by atoms with Gasteiger partial charge in [0.15, 0.2) is 0 Å². The van der Waals surface area contributed by atoms with E-state index in [-0.39, 0.29) is 11.9 Å². The molecule has 1 saturated heterocycles. The van der Waals surface area contributed by atoms with Gasteiger partial charge in [-0.25, -0.2) is 0 Å². The van der Waals surface area contributed by atoms with Crippen LogP contribution in [0.2, 0.25) is 0 Å². The zero-order chi connectivity index (χ0) is 11.3. The summed E-state index contributed by atoms with van der Waals surface area (Å²) in [6.45, 7) is 4.75. The van der Waals surface area contributed by atoms with Crippen LogP contribution in [0.4, 0.5) is 0 Å². The summed E-state index contributed by atoms with van der Waals surface area (Å²) >= 11 is 0. The van der Waals surface area contributed by atoms with Crippen molar-refractivity contribution in [1.29, 1.82) is 0 Å². The van der Waals surface area contributed by atoms with Crippen LogP contribution in [0.1, 0.15) is 19.8 Å². The quantitative estimate of drug-likeness (QED) is 0.676. The molecule has 1 aliphatic rings. The normalized spacial score (nSPS) is 24.1. The lowest BCUT2D eigenvalue weighted by Gasteiger charge is -2.20. The molecule has 2 unspecified atom stereocenters. The highest BCUT2D eigenvalue weighted by molar-refractivity contribution is 5.71. The molecule has 2 atom stereocenters. The van der Waals surface area contributed by atoms with Crippen molar-refractivity contribution in [3.63, 3.8) is 0 Å². The van der Waals surface area contributed by atoms with Crippen LogP contribution in [0, 0.1) is 5.92 Å². The Hall–Kier alpha value is -0.610. The average Bonchev–Trinajstić information content (AvgIpc) is 2.63. The van der Waals surface area contributed by atoms with Crippen LogP contribution in [0.5, 0.6) is 0 Å². The van der Waals surface area contributed by atoms with Crippen LogP contribution in [-0.2, 0) is 9.53 Å². The number of hydrogen-bond donors (Lipinski definition) is 1. The predicted octanol–water partition coefficient (Wildman–Crippen LogP) is 0.479. The van der Waals surface area contributed by atoms with E-state index in [1.54, 1.807) is 0 Å². The largest absolute Gasteiger partial charge is 0.469 e. The SMILES string of the molecule is COC(=O)C(C)CNCC1CCCN1C. The van der Waals surface area contributed by atoms with Crippen molar-refractivity contribution in [2.24, 2.45) is 5.92 Å². The standard InChI is InChI=1S/C11H22N2O2/c1-9(11(14)15-3)7-12-8-10-5-4-6-13(10)2/h9-10,12H,4-8H2,1-3H3. The minimum Gasteiger partial charge on any atom is -0.469 e. The number of carbonyl (C=O) groups is 1. The maximum atomic E-state index is 11.1. The van der Waals surface area contributed by atoms with E-state index in [4.69, 9.17) is 0 Å². The summed E-state index contributed by atoms with van der Waals surface area (Å²) < 4.78 is 4.67. The van der Waals surface area contributed by atoms with Crippen molar-refractivity contribution < 1.29 is 9.53 Å². The Kier molecular flexibility index (Phi) is 5.05. The molecule has 0 aromatic rings. The molecule has 1 rings (SSSR count). The van der Waals surface area contributed by atoms with Crippen molar-refractivity contribution in [1.82, 2.24) is 10.2 Å². The number of hydrogen-bond acceptors (Lipinski definition) is 4. The molecule has 1 fully saturated rings. The first-order valence-corrected chi connectivity index (χ1v) is 5.64. The second-order valence-electron chi connectivity index (χ2n) is 4.36. The molecule has 1 aliphatic heterocycles. The highest BCUT2D eigenvalue weighted by Gasteiger charge is 2.20. The van der Waals surface area contributed by atoms with Crippen LogP contribution in [0.25, 0.3) is 0 Å². The van der Waals surface area contributed by atoms with Crippen LogP contribution in [0.3, 0.4) is 0 Å². The summed E-state index contributed by atoms with van der Waals surface area (Å²) in [4.78, 5) is 13.5. The average molecular weight is 214 g/mol. The molecule has 88 valence electrons. The minimum atomic E-state index is -0.137. The van der Waals surface area contributed by atoms with Gasteiger partial charge in [-0.2, -0.15) is 0 Å². The fourth-order valence-corrected chi connectivity index (χ4v) is 1.99. The molecule has 1 N–H and O–H groups in total. The Labute approximate surface area is 92.0 Å². The number of likely N-dealkylation sites (tertiary alicyclic amines) is 1. The van der Waals surface area contributed by atoms with E-state index in [9.17, 15) is 4.79 Å². The molecule has 15 heavy (non-hydrogen) atoms. The number of carbonyl (C=O) groups excluding carboxylic acids is 1. The molecular formula is C11H22N2O2. The van der Waals surface area contributed by atoms with Gasteiger partial charge in [0.1, 0.15) is 0 Å². The summed E-state index contributed by atoms with van der Waals surface area (Å²) in [6, 6.07) is 0.634. The van der Waals surface area contributed by atoms with E-state index in [2.05, 4.69) is 22.0 Å². The lowest BCUT2D eigenvalue weighted by molar-refractivity contribution is -0.144. The third-order valence-electron chi connectivity index (χ3n) is 3.11. The van der Waals surface area contributed by atoms with E-state index in [0.29, 0.717) is 12.6 Å². The van der Waals surface area contributed by atoms with E-state index in [0.717, 1.165) is 6.54 Å². The maximum Gasteiger partial charge on any atom is 0.309 e. The zero-order valence-corrected chi connectivity index (χ0v) is 9.95. The molecule has 0 aromatic carbocycles. The molecule has 0 bridgehead atoms. The molecular weight excluding hydrogens is 192 g/mol. The summed E-state index contributed by atoms with van der Waals surface area (Å²) in [5.41, 5.74) is 0. The van der Waals surface area contributed by atoms with E-state index >= 15 is 0 Å². The van der Waals surface area contributed by atoms with E-state index in [1.807, 2.05) is 6.92 Å². The minimum absolute atomic E-state index is 0.0540. The van der Waals surface area contributed by atoms with Gasteiger partial charge in [0, 0.05) is 19.1 Å². The molecule has 0 aliphatic carbocycles. The van der Waals surface area contributed by atoms with Crippen molar-refractivity contribution in [3.05, 3.63) is 0 Å². The Morgan fingerprint density at radius 3 is 2.93 bits per heavy atom. The summed E-state index contributed by atoms with van der Waals surface area (Å²) in [5, 5.41) is 3.33. The second-order valence-corrected chi connectivity index (χ2v) is 4.36. The van der Waals surface area contributed by atoms with Crippen molar-refractivity contribution in [3.8, 4) is 0 Å². The third kappa shape index (κ3) is 3.80. The molecule has 4 nitrogen and oxygen atoms in total. The summed E-state index contributed by atoms with van der Waals surface area (Å²) in [7, 11) is 3.59. The zero-order valence-electron chi connectivity index (χ0n) is 9.95. The first-order chi connectivity index (χ1) is 7.15. The number of rotatable bonds is 5. The van der Waals surface area contributed by atoms with Gasteiger partial charge in [-0.05, 0) is 26.4 Å². The van der Waals surface area contributed by atoms with Crippen LogP contribution in [0.15, 0.2) is 0 Å². The maximum absolute atomic E-state index is 11.1. The molecule has 1 heterocycles. The molecule has 0 saturated carbocycles. The fraction of sp³-hybridized carbons (Fsp3) is 0.909. The number of ether oxygens (including phenoxy) is 1. The molecule has 0 spiro atoms. The Bertz CT molecular complexity index is 209. The predicted molar refractivity (Wildman–Crippen MR) is 59.7 cm³/mol. The Balaban J connectivity index is 2.13. The highest BCUT2D eigenvalue weighted by Crippen LogP contribution is 2.13. The van der Waals surface area contributed by atoms with Crippen LogP contribution in [-0.4, -0.2) is 50.7 Å². The number of esters is 1. The molecule has 0 amide bonds. The monoisotopic (exact) mass is 214 g/mol. The van der Waals surface area contributed by atoms with Gasteiger partial charge in [-0.1, -0.05) is 6.92 Å². The molecule has 0 aromatic heterocycles. The molecule has 0 radical (unpaired) electrons. The number of nitrogens with one attached hydrogen (secondary N) is 1. The van der Waals surface area contributed by atoms with Crippen molar-refractivity contribution in [2.45, 2.75) is 25.8 Å². The van der Waals surface area contributed by atoms with Crippen molar-refractivity contribution >= 4 is 5.97 Å². The topological polar surface area (TPSA) is 41.6 Å². The van der Waals surface area contributed by atoms with Gasteiger partial charge in [0.2, 0.25) is 0 Å². The first kappa shape index (κ1) is 12.5. The van der Waals surface area contributed by atoms with Gasteiger partial charge in [-0.15, -0.1) is 0 Å². The van der Waals surface area contributed by atoms with Gasteiger partial charge in [-0.3, -0.25) is 4.79 Å². The smallest absolute Gasteiger partial charge is 0.309 e. The third-order valence-corrected chi connectivity index (χ3v) is 3.11. The van der Waals surface area contributed by atoms with Gasteiger partial charge in [0.05, 0.1) is 13.0 Å². The Morgan fingerprint density at radius 1 is 1.67 bits per heavy atom.